The minimum Gasteiger partial charge on any atom is -0.496 e. The highest BCUT2D eigenvalue weighted by molar-refractivity contribution is 5.89. The van der Waals surface area contributed by atoms with Gasteiger partial charge in [-0.25, -0.2) is 4.79 Å². The van der Waals surface area contributed by atoms with Crippen LogP contribution in [0.5, 0.6) is 5.75 Å². The van der Waals surface area contributed by atoms with Crippen molar-refractivity contribution in [2.24, 2.45) is 0 Å². The monoisotopic (exact) mass is 207 g/mol. The van der Waals surface area contributed by atoms with Crippen molar-refractivity contribution in [1.82, 2.24) is 0 Å². The maximum Gasteiger partial charge on any atom is 0.330 e. The van der Waals surface area contributed by atoms with Crippen molar-refractivity contribution in [2.45, 2.75) is 0 Å². The summed E-state index contributed by atoms with van der Waals surface area (Å²) in [4.78, 5) is 10.9. The predicted molar refractivity (Wildman–Crippen MR) is 58.5 cm³/mol. The summed E-state index contributed by atoms with van der Waals surface area (Å²) < 4.78 is 9.59. The first-order valence-electron chi connectivity index (χ1n) is 4.37. The van der Waals surface area contributed by atoms with E-state index >= 15 is 0 Å². The molecule has 1 aromatic rings. The van der Waals surface area contributed by atoms with Crippen LogP contribution < -0.4 is 10.5 Å². The zero-order valence-electron chi connectivity index (χ0n) is 8.69. The van der Waals surface area contributed by atoms with Crippen molar-refractivity contribution in [2.75, 3.05) is 20.0 Å². The van der Waals surface area contributed by atoms with Gasteiger partial charge in [0.1, 0.15) is 5.75 Å². The van der Waals surface area contributed by atoms with E-state index in [1.165, 1.54) is 13.2 Å². The Hall–Kier alpha value is -1.97. The fourth-order valence-corrected chi connectivity index (χ4v) is 1.14. The maximum absolute atomic E-state index is 10.9. The molecular formula is C11H13NO3. The standard InChI is InChI=1S/C11H13NO3/c1-14-10-5-3-4-9(12)8(10)6-7-11(13)15-2/h3-7H,12H2,1-2H3/b7-6+. The second-order valence-corrected chi connectivity index (χ2v) is 2.82. The van der Waals surface area contributed by atoms with Gasteiger partial charge in [0.25, 0.3) is 0 Å². The van der Waals surface area contributed by atoms with Crippen LogP contribution in [-0.2, 0) is 9.53 Å². The zero-order chi connectivity index (χ0) is 11.3. The number of anilines is 1. The third kappa shape index (κ3) is 2.74. The number of nitrogen functional groups attached to an aromatic ring is 1. The van der Waals surface area contributed by atoms with E-state index in [-0.39, 0.29) is 0 Å². The van der Waals surface area contributed by atoms with Gasteiger partial charge in [0.2, 0.25) is 0 Å². The average Bonchev–Trinajstić information content (AvgIpc) is 2.26. The average molecular weight is 207 g/mol. The number of esters is 1. The first-order valence-corrected chi connectivity index (χ1v) is 4.37. The van der Waals surface area contributed by atoms with Crippen LogP contribution in [0.1, 0.15) is 5.56 Å². The third-order valence-corrected chi connectivity index (χ3v) is 1.91. The lowest BCUT2D eigenvalue weighted by molar-refractivity contribution is -0.134. The van der Waals surface area contributed by atoms with Crippen LogP contribution in [0.25, 0.3) is 6.08 Å². The molecule has 0 atom stereocenters. The Morgan fingerprint density at radius 3 is 2.73 bits per heavy atom. The quantitative estimate of drug-likeness (QED) is 0.463. The van der Waals surface area contributed by atoms with Crippen LogP contribution in [0.4, 0.5) is 5.69 Å². The van der Waals surface area contributed by atoms with Gasteiger partial charge in [-0.3, -0.25) is 0 Å². The van der Waals surface area contributed by atoms with E-state index in [1.54, 1.807) is 31.4 Å². The largest absolute Gasteiger partial charge is 0.496 e. The SMILES string of the molecule is COC(=O)/C=C/c1c(N)cccc1OC. The number of hydrogen-bond acceptors (Lipinski definition) is 4. The summed E-state index contributed by atoms with van der Waals surface area (Å²) in [6.45, 7) is 0. The predicted octanol–water partition coefficient (Wildman–Crippen LogP) is 1.46. The number of carbonyl (C=O) groups excluding carboxylic acids is 1. The summed E-state index contributed by atoms with van der Waals surface area (Å²) >= 11 is 0. The molecule has 0 amide bonds. The minimum atomic E-state index is -0.430. The number of hydrogen-bond donors (Lipinski definition) is 1. The van der Waals surface area contributed by atoms with Crippen molar-refractivity contribution in [3.63, 3.8) is 0 Å². The molecule has 0 saturated heterocycles. The fourth-order valence-electron chi connectivity index (χ4n) is 1.14. The molecule has 0 aliphatic heterocycles. The van der Waals surface area contributed by atoms with Gasteiger partial charge in [0.15, 0.2) is 0 Å². The molecule has 15 heavy (non-hydrogen) atoms. The van der Waals surface area contributed by atoms with Gasteiger partial charge in [-0.2, -0.15) is 0 Å². The Morgan fingerprint density at radius 2 is 2.13 bits per heavy atom. The molecule has 4 nitrogen and oxygen atoms in total. The summed E-state index contributed by atoms with van der Waals surface area (Å²) in [7, 11) is 2.86. The molecule has 0 radical (unpaired) electrons. The van der Waals surface area contributed by atoms with E-state index in [0.29, 0.717) is 17.0 Å². The number of methoxy groups -OCH3 is 2. The summed E-state index contributed by atoms with van der Waals surface area (Å²) in [5, 5.41) is 0. The van der Waals surface area contributed by atoms with Crippen LogP contribution in [-0.4, -0.2) is 20.2 Å². The van der Waals surface area contributed by atoms with Gasteiger partial charge in [0, 0.05) is 17.3 Å². The van der Waals surface area contributed by atoms with Crippen LogP contribution >= 0.6 is 0 Å². The molecule has 0 bridgehead atoms. The normalized spacial score (nSPS) is 10.3. The Bertz CT molecular complexity index is 385. The van der Waals surface area contributed by atoms with Crippen LogP contribution in [0.3, 0.4) is 0 Å². The first kappa shape index (κ1) is 11.1. The highest BCUT2D eigenvalue weighted by Crippen LogP contribution is 2.25. The Morgan fingerprint density at radius 1 is 1.40 bits per heavy atom. The molecule has 0 saturated carbocycles. The topological polar surface area (TPSA) is 61.5 Å². The molecule has 0 heterocycles. The summed E-state index contributed by atoms with van der Waals surface area (Å²) in [6, 6.07) is 5.29. The molecule has 0 spiro atoms. The highest BCUT2D eigenvalue weighted by atomic mass is 16.5. The molecule has 1 rings (SSSR count). The number of ether oxygens (including phenoxy) is 2. The summed E-state index contributed by atoms with van der Waals surface area (Å²) in [6.07, 6.45) is 2.87. The smallest absolute Gasteiger partial charge is 0.330 e. The zero-order valence-corrected chi connectivity index (χ0v) is 8.69. The molecular weight excluding hydrogens is 194 g/mol. The number of rotatable bonds is 3. The molecule has 4 heteroatoms. The molecule has 80 valence electrons. The second kappa shape index (κ2) is 5.05. The van der Waals surface area contributed by atoms with E-state index in [1.807, 2.05) is 0 Å². The Kier molecular flexibility index (Phi) is 3.74. The van der Waals surface area contributed by atoms with Gasteiger partial charge in [-0.05, 0) is 18.2 Å². The molecule has 0 aromatic heterocycles. The van der Waals surface area contributed by atoms with Crippen molar-refractivity contribution < 1.29 is 14.3 Å². The van der Waals surface area contributed by atoms with Gasteiger partial charge in [-0.15, -0.1) is 0 Å². The van der Waals surface area contributed by atoms with Crippen molar-refractivity contribution in [3.8, 4) is 5.75 Å². The fraction of sp³-hybridized carbons (Fsp3) is 0.182. The van der Waals surface area contributed by atoms with Gasteiger partial charge < -0.3 is 15.2 Å². The summed E-state index contributed by atoms with van der Waals surface area (Å²) in [5.41, 5.74) is 6.96. The molecule has 0 aliphatic carbocycles. The first-order chi connectivity index (χ1) is 7.19. The summed E-state index contributed by atoms with van der Waals surface area (Å²) in [5.74, 6) is 0.190. The lowest BCUT2D eigenvalue weighted by Crippen LogP contribution is -1.96. The van der Waals surface area contributed by atoms with Gasteiger partial charge in [0.05, 0.1) is 14.2 Å². The van der Waals surface area contributed by atoms with Crippen LogP contribution in [0.15, 0.2) is 24.3 Å². The molecule has 0 unspecified atom stereocenters. The Labute approximate surface area is 88.3 Å². The molecule has 2 N–H and O–H groups in total. The molecule has 1 aromatic carbocycles. The lowest BCUT2D eigenvalue weighted by Gasteiger charge is -2.06. The molecule has 0 aliphatic rings. The highest BCUT2D eigenvalue weighted by Gasteiger charge is 2.03. The third-order valence-electron chi connectivity index (χ3n) is 1.91. The van der Waals surface area contributed by atoms with Crippen molar-refractivity contribution in [3.05, 3.63) is 29.8 Å². The van der Waals surface area contributed by atoms with E-state index < -0.39 is 5.97 Å². The van der Waals surface area contributed by atoms with Crippen molar-refractivity contribution in [1.29, 1.82) is 0 Å². The lowest BCUT2D eigenvalue weighted by atomic mass is 10.1. The number of nitrogens with two attached hydrogens (primary N) is 1. The minimum absolute atomic E-state index is 0.430. The van der Waals surface area contributed by atoms with E-state index in [0.717, 1.165) is 0 Å². The van der Waals surface area contributed by atoms with E-state index in [9.17, 15) is 4.79 Å². The maximum atomic E-state index is 10.9. The Balaban J connectivity index is 3.02. The van der Waals surface area contributed by atoms with Gasteiger partial charge in [-0.1, -0.05) is 6.07 Å². The van der Waals surface area contributed by atoms with E-state index in [2.05, 4.69) is 4.74 Å². The second-order valence-electron chi connectivity index (χ2n) is 2.82. The van der Waals surface area contributed by atoms with Crippen LogP contribution in [0, 0.1) is 0 Å². The number of carbonyl (C=O) groups is 1. The molecule has 0 fully saturated rings. The van der Waals surface area contributed by atoms with E-state index in [4.69, 9.17) is 10.5 Å². The van der Waals surface area contributed by atoms with Gasteiger partial charge >= 0.3 is 5.97 Å². The number of benzene rings is 1. The van der Waals surface area contributed by atoms with Crippen molar-refractivity contribution >= 4 is 17.7 Å². The van der Waals surface area contributed by atoms with Crippen LogP contribution in [0.2, 0.25) is 0 Å².